The van der Waals surface area contributed by atoms with Crippen molar-refractivity contribution in [2.24, 2.45) is 17.8 Å². The van der Waals surface area contributed by atoms with Crippen molar-refractivity contribution in [3.05, 3.63) is 0 Å². The smallest absolute Gasteiger partial charge is 0.233 e. The zero-order valence-electron chi connectivity index (χ0n) is 9.15. The van der Waals surface area contributed by atoms with Crippen LogP contribution in [0.2, 0.25) is 0 Å². The highest BCUT2D eigenvalue weighted by molar-refractivity contribution is 6.02. The number of hydrogen-bond donors (Lipinski definition) is 0. The lowest BCUT2D eigenvalue weighted by Crippen LogP contribution is -2.34. The normalized spacial score (nSPS) is 37.5. The van der Waals surface area contributed by atoms with Crippen LogP contribution in [0.25, 0.3) is 0 Å². The Morgan fingerprint density at radius 3 is 2.62 bits per heavy atom. The quantitative estimate of drug-likeness (QED) is 0.614. The Balaban J connectivity index is 1.73. The zero-order chi connectivity index (χ0) is 11.3. The first-order chi connectivity index (χ1) is 7.70. The molecule has 3 rings (SSSR count). The Hall–Kier alpha value is -1.19. The highest BCUT2D eigenvalue weighted by Gasteiger charge is 2.60. The molecule has 86 valence electrons. The van der Waals surface area contributed by atoms with Gasteiger partial charge in [-0.2, -0.15) is 0 Å². The van der Waals surface area contributed by atoms with Gasteiger partial charge in [-0.15, -0.1) is 0 Å². The number of carbonyl (C=O) groups is 3. The van der Waals surface area contributed by atoms with Crippen molar-refractivity contribution in [2.45, 2.75) is 32.1 Å². The van der Waals surface area contributed by atoms with E-state index in [-0.39, 0.29) is 35.4 Å². The van der Waals surface area contributed by atoms with Gasteiger partial charge in [0.05, 0.1) is 5.92 Å². The Kier molecular flexibility index (Phi) is 2.13. The number of ketones is 1. The number of likely N-dealkylation sites (tertiary alicyclic amines) is 1. The minimum absolute atomic E-state index is 0.0466. The van der Waals surface area contributed by atoms with Crippen molar-refractivity contribution in [2.75, 3.05) is 6.54 Å². The first-order valence-electron chi connectivity index (χ1n) is 6.07. The van der Waals surface area contributed by atoms with Crippen LogP contribution in [0.4, 0.5) is 0 Å². The predicted octanol–water partition coefficient (Wildman–Crippen LogP) is 0.751. The molecule has 2 amide bonds. The lowest BCUT2D eigenvalue weighted by atomic mass is 10.00. The van der Waals surface area contributed by atoms with Crippen LogP contribution in [0.5, 0.6) is 0 Å². The molecule has 2 aliphatic carbocycles. The summed E-state index contributed by atoms with van der Waals surface area (Å²) in [6.07, 6.45) is 3.79. The van der Waals surface area contributed by atoms with Crippen LogP contribution >= 0.6 is 0 Å². The van der Waals surface area contributed by atoms with Crippen molar-refractivity contribution in [1.82, 2.24) is 4.90 Å². The molecule has 2 saturated carbocycles. The molecule has 1 heterocycles. The SMILES string of the molecule is O=C1CCC[C@H]2[C@@H]1[C@@H]2C(=O)N1CCCC1=O. The number of carbonyl (C=O) groups excluding carboxylic acids is 3. The fourth-order valence-corrected chi connectivity index (χ4v) is 3.25. The van der Waals surface area contributed by atoms with Gasteiger partial charge in [-0.3, -0.25) is 19.3 Å². The molecule has 3 aliphatic rings. The topological polar surface area (TPSA) is 54.5 Å². The summed E-state index contributed by atoms with van der Waals surface area (Å²) >= 11 is 0. The summed E-state index contributed by atoms with van der Waals surface area (Å²) < 4.78 is 0. The van der Waals surface area contributed by atoms with E-state index >= 15 is 0 Å². The fourth-order valence-electron chi connectivity index (χ4n) is 3.25. The van der Waals surface area contributed by atoms with Crippen molar-refractivity contribution >= 4 is 17.6 Å². The first kappa shape index (κ1) is 10.00. The lowest BCUT2D eigenvalue weighted by molar-refractivity contribution is -0.143. The summed E-state index contributed by atoms with van der Waals surface area (Å²) in [6, 6.07) is 0. The van der Waals surface area contributed by atoms with Gasteiger partial charge in [0.1, 0.15) is 5.78 Å². The summed E-state index contributed by atoms with van der Waals surface area (Å²) in [5.74, 6) is 0.156. The van der Waals surface area contributed by atoms with Gasteiger partial charge >= 0.3 is 0 Å². The second-order valence-electron chi connectivity index (χ2n) is 5.06. The molecular formula is C12H15NO3. The van der Waals surface area contributed by atoms with Gasteiger partial charge in [-0.05, 0) is 25.2 Å². The number of Topliss-reactive ketones (excluding diaryl/α,β-unsaturated/α-hetero) is 1. The summed E-state index contributed by atoms with van der Waals surface area (Å²) in [5, 5.41) is 0. The van der Waals surface area contributed by atoms with Crippen LogP contribution in [-0.4, -0.2) is 29.0 Å². The summed E-state index contributed by atoms with van der Waals surface area (Å²) in [6.45, 7) is 0.557. The number of amides is 2. The Morgan fingerprint density at radius 1 is 1.19 bits per heavy atom. The third-order valence-electron chi connectivity index (χ3n) is 4.13. The van der Waals surface area contributed by atoms with Crippen LogP contribution in [0.15, 0.2) is 0 Å². The molecule has 0 aromatic heterocycles. The Bertz CT molecular complexity index is 376. The van der Waals surface area contributed by atoms with Crippen molar-refractivity contribution < 1.29 is 14.4 Å². The van der Waals surface area contributed by atoms with Gasteiger partial charge in [0.15, 0.2) is 0 Å². The average Bonchev–Trinajstić information content (AvgIpc) is 2.86. The average molecular weight is 221 g/mol. The molecule has 0 spiro atoms. The molecular weight excluding hydrogens is 206 g/mol. The highest BCUT2D eigenvalue weighted by atomic mass is 16.2. The van der Waals surface area contributed by atoms with E-state index in [1.54, 1.807) is 0 Å². The minimum atomic E-state index is -0.156. The van der Waals surface area contributed by atoms with Crippen LogP contribution in [0.1, 0.15) is 32.1 Å². The lowest BCUT2D eigenvalue weighted by Gasteiger charge is -2.12. The molecule has 0 radical (unpaired) electrons. The van der Waals surface area contributed by atoms with E-state index in [1.165, 1.54) is 4.90 Å². The number of imide groups is 1. The molecule has 1 saturated heterocycles. The minimum Gasteiger partial charge on any atom is -0.299 e. The summed E-state index contributed by atoms with van der Waals surface area (Å²) in [7, 11) is 0. The molecule has 0 N–H and O–H groups in total. The maximum atomic E-state index is 12.1. The van der Waals surface area contributed by atoms with Gasteiger partial charge < -0.3 is 0 Å². The van der Waals surface area contributed by atoms with Crippen molar-refractivity contribution in [3.8, 4) is 0 Å². The predicted molar refractivity (Wildman–Crippen MR) is 55.3 cm³/mol. The number of hydrogen-bond acceptors (Lipinski definition) is 3. The summed E-state index contributed by atoms with van der Waals surface area (Å²) in [4.78, 5) is 36.5. The van der Waals surface area contributed by atoms with Crippen LogP contribution in [0.3, 0.4) is 0 Å². The maximum Gasteiger partial charge on any atom is 0.233 e. The van der Waals surface area contributed by atoms with E-state index in [4.69, 9.17) is 0 Å². The highest BCUT2D eigenvalue weighted by Crippen LogP contribution is 2.54. The Labute approximate surface area is 94.0 Å². The Morgan fingerprint density at radius 2 is 2.00 bits per heavy atom. The first-order valence-corrected chi connectivity index (χ1v) is 6.07. The molecule has 16 heavy (non-hydrogen) atoms. The zero-order valence-corrected chi connectivity index (χ0v) is 9.15. The van der Waals surface area contributed by atoms with E-state index < -0.39 is 0 Å². The number of nitrogens with zero attached hydrogens (tertiary/aromatic N) is 1. The second-order valence-corrected chi connectivity index (χ2v) is 5.06. The van der Waals surface area contributed by atoms with Crippen LogP contribution in [0, 0.1) is 17.8 Å². The van der Waals surface area contributed by atoms with Gasteiger partial charge in [-0.25, -0.2) is 0 Å². The van der Waals surface area contributed by atoms with Gasteiger partial charge in [0.2, 0.25) is 11.8 Å². The summed E-state index contributed by atoms with van der Waals surface area (Å²) in [5.41, 5.74) is 0. The number of fused-ring (bicyclic) bond motifs is 1. The molecule has 3 atom stereocenters. The molecule has 3 fully saturated rings. The molecule has 0 aromatic carbocycles. The maximum absolute atomic E-state index is 12.1. The standard InChI is InChI=1S/C12H15NO3/c14-8-4-1-3-7-10(8)11(7)12(16)13-6-2-5-9(13)15/h7,10-11H,1-6H2/t7-,10-,11+/m0/s1. The van der Waals surface area contributed by atoms with E-state index in [1.807, 2.05) is 0 Å². The van der Waals surface area contributed by atoms with Gasteiger partial charge in [-0.1, -0.05) is 0 Å². The van der Waals surface area contributed by atoms with Crippen molar-refractivity contribution in [3.63, 3.8) is 0 Å². The fraction of sp³-hybridized carbons (Fsp3) is 0.750. The van der Waals surface area contributed by atoms with Gasteiger partial charge in [0.25, 0.3) is 0 Å². The molecule has 4 heteroatoms. The molecule has 0 bridgehead atoms. The third kappa shape index (κ3) is 1.32. The molecule has 0 unspecified atom stereocenters. The number of rotatable bonds is 1. The molecule has 0 aromatic rings. The van der Waals surface area contributed by atoms with Crippen molar-refractivity contribution in [1.29, 1.82) is 0 Å². The molecule has 1 aliphatic heterocycles. The molecule has 4 nitrogen and oxygen atoms in total. The van der Waals surface area contributed by atoms with E-state index in [9.17, 15) is 14.4 Å². The van der Waals surface area contributed by atoms with Crippen LogP contribution < -0.4 is 0 Å². The van der Waals surface area contributed by atoms with Gasteiger partial charge in [0, 0.05) is 25.3 Å². The van der Waals surface area contributed by atoms with Crippen LogP contribution in [-0.2, 0) is 14.4 Å². The van der Waals surface area contributed by atoms with E-state index in [2.05, 4.69) is 0 Å². The largest absolute Gasteiger partial charge is 0.299 e. The monoisotopic (exact) mass is 221 g/mol. The van der Waals surface area contributed by atoms with E-state index in [0.29, 0.717) is 19.4 Å². The van der Waals surface area contributed by atoms with E-state index in [0.717, 1.165) is 19.3 Å². The third-order valence-corrected chi connectivity index (χ3v) is 4.13. The second kappa shape index (κ2) is 3.40.